The molecule has 0 unspecified atom stereocenters. The molecule has 2 N–H and O–H groups in total. The Morgan fingerprint density at radius 1 is 0.909 bits per heavy atom. The van der Waals surface area contributed by atoms with E-state index in [0.29, 0.717) is 16.6 Å². The second-order valence-electron chi connectivity index (χ2n) is 7.74. The summed E-state index contributed by atoms with van der Waals surface area (Å²) in [6.07, 6.45) is 3.17. The molecule has 0 aliphatic rings. The van der Waals surface area contributed by atoms with Crippen LogP contribution in [0.3, 0.4) is 0 Å². The van der Waals surface area contributed by atoms with Crippen molar-refractivity contribution >= 4 is 43.4 Å². The minimum atomic E-state index is -4.01. The summed E-state index contributed by atoms with van der Waals surface area (Å²) in [7, 11) is -4.01. The van der Waals surface area contributed by atoms with Gasteiger partial charge >= 0.3 is 0 Å². The van der Waals surface area contributed by atoms with Crippen LogP contribution in [0, 0.1) is 13.8 Å². The zero-order valence-electron chi connectivity index (χ0n) is 17.8. The van der Waals surface area contributed by atoms with Crippen molar-refractivity contribution in [3.8, 4) is 0 Å². The van der Waals surface area contributed by atoms with Gasteiger partial charge in [0.05, 0.1) is 16.1 Å². The molecule has 3 aromatic heterocycles. The number of sulfone groups is 1. The first-order valence-corrected chi connectivity index (χ1v) is 11.6. The van der Waals surface area contributed by atoms with Gasteiger partial charge in [-0.2, -0.15) is 4.98 Å². The van der Waals surface area contributed by atoms with E-state index in [4.69, 9.17) is 0 Å². The number of pyridine rings is 2. The van der Waals surface area contributed by atoms with Crippen molar-refractivity contribution < 1.29 is 8.42 Å². The first-order chi connectivity index (χ1) is 15.8. The van der Waals surface area contributed by atoms with Gasteiger partial charge in [-0.25, -0.2) is 13.4 Å². The largest absolute Gasteiger partial charge is 0.322 e. The van der Waals surface area contributed by atoms with Crippen LogP contribution in [0.15, 0.2) is 81.6 Å². The number of fused-ring (bicyclic) bond motifs is 2. The number of hydrogen-bond donors (Lipinski definition) is 2. The van der Waals surface area contributed by atoms with Crippen molar-refractivity contribution in [1.82, 2.24) is 19.9 Å². The number of nitrogens with zero attached hydrogens (tertiary/aromatic N) is 3. The molecule has 0 amide bonds. The maximum Gasteiger partial charge on any atom is 0.268 e. The molecular formula is C24H19N5O3S. The fourth-order valence-corrected chi connectivity index (χ4v) is 5.32. The molecule has 8 nitrogen and oxygen atoms in total. The number of benzene rings is 2. The highest BCUT2D eigenvalue weighted by atomic mass is 32.2. The summed E-state index contributed by atoms with van der Waals surface area (Å²) in [5, 5.41) is 4.48. The molecule has 5 aromatic rings. The minimum absolute atomic E-state index is 0.0978. The quantitative estimate of drug-likeness (QED) is 0.418. The first kappa shape index (κ1) is 20.8. The van der Waals surface area contributed by atoms with Crippen LogP contribution in [0.1, 0.15) is 11.1 Å². The lowest BCUT2D eigenvalue weighted by molar-refractivity contribution is 0.594. The highest BCUT2D eigenvalue weighted by Gasteiger charge is 2.24. The molecule has 3 heterocycles. The van der Waals surface area contributed by atoms with Gasteiger partial charge in [-0.15, -0.1) is 0 Å². The fourth-order valence-electron chi connectivity index (χ4n) is 3.78. The second kappa shape index (κ2) is 7.79. The van der Waals surface area contributed by atoms with E-state index in [1.54, 1.807) is 25.3 Å². The molecule has 0 saturated carbocycles. The number of para-hydroxylation sites is 1. The Hall–Kier alpha value is -4.11. The van der Waals surface area contributed by atoms with E-state index in [9.17, 15) is 13.2 Å². The van der Waals surface area contributed by atoms with Gasteiger partial charge in [0.2, 0.25) is 15.8 Å². The highest BCUT2D eigenvalue weighted by molar-refractivity contribution is 7.91. The van der Waals surface area contributed by atoms with Crippen molar-refractivity contribution in [2.24, 2.45) is 0 Å². The molecule has 0 saturated heterocycles. The molecule has 0 aliphatic heterocycles. The molecule has 0 atom stereocenters. The Balaban J connectivity index is 1.56. The van der Waals surface area contributed by atoms with Crippen molar-refractivity contribution in [1.29, 1.82) is 0 Å². The van der Waals surface area contributed by atoms with E-state index in [0.717, 1.165) is 16.5 Å². The highest BCUT2D eigenvalue weighted by Crippen LogP contribution is 2.26. The summed E-state index contributed by atoms with van der Waals surface area (Å²) < 4.78 is 26.4. The Morgan fingerprint density at radius 3 is 2.55 bits per heavy atom. The number of rotatable bonds is 4. The Labute approximate surface area is 189 Å². The summed E-state index contributed by atoms with van der Waals surface area (Å²) in [6, 6.07) is 15.8. The summed E-state index contributed by atoms with van der Waals surface area (Å²) in [5.74, 6) is 0.251. The SMILES string of the molecule is Cc1ccc(S(=O)(=O)c2cc3cnc(Nc4cccc5cccnc45)nc3[nH]c2=O)c(C)c1. The zero-order chi connectivity index (χ0) is 23.2. The van der Waals surface area contributed by atoms with E-state index in [-0.39, 0.29) is 21.4 Å². The van der Waals surface area contributed by atoms with Gasteiger partial charge in [0, 0.05) is 23.2 Å². The van der Waals surface area contributed by atoms with Gasteiger partial charge in [0.15, 0.2) is 0 Å². The summed E-state index contributed by atoms with van der Waals surface area (Å²) >= 11 is 0. The topological polar surface area (TPSA) is 118 Å². The molecule has 0 fully saturated rings. The third kappa shape index (κ3) is 3.72. The number of nitrogens with one attached hydrogen (secondary N) is 2. The first-order valence-electron chi connectivity index (χ1n) is 10.2. The smallest absolute Gasteiger partial charge is 0.268 e. The number of anilines is 2. The third-order valence-electron chi connectivity index (χ3n) is 5.35. The monoisotopic (exact) mass is 457 g/mol. The molecule has 0 aliphatic carbocycles. The molecule has 5 rings (SSSR count). The van der Waals surface area contributed by atoms with Crippen LogP contribution in [-0.2, 0) is 9.84 Å². The van der Waals surface area contributed by atoms with Crippen molar-refractivity contribution in [2.75, 3.05) is 5.32 Å². The molecule has 164 valence electrons. The van der Waals surface area contributed by atoms with Gasteiger partial charge in [-0.3, -0.25) is 9.78 Å². The predicted octanol–water partition coefficient (Wildman–Crippen LogP) is 4.06. The van der Waals surface area contributed by atoms with Gasteiger partial charge in [0.1, 0.15) is 10.5 Å². The number of hydrogen-bond acceptors (Lipinski definition) is 7. The van der Waals surface area contributed by atoms with Crippen molar-refractivity contribution in [3.05, 3.63) is 88.5 Å². The van der Waals surface area contributed by atoms with Crippen LogP contribution in [0.4, 0.5) is 11.6 Å². The lowest BCUT2D eigenvalue weighted by Crippen LogP contribution is -2.19. The van der Waals surface area contributed by atoms with E-state index in [1.165, 1.54) is 18.3 Å². The summed E-state index contributed by atoms with van der Waals surface area (Å²) in [6.45, 7) is 3.59. The van der Waals surface area contributed by atoms with Gasteiger partial charge in [-0.05, 0) is 43.7 Å². The standard InChI is InChI=1S/C24H19N5O3S/c1-14-8-9-19(15(2)11-14)33(31,32)20-12-17-13-26-24(29-22(17)28-23(20)30)27-18-7-3-5-16-6-4-10-25-21(16)18/h3-13H,1-2H3,(H2,26,27,28,29,30). The maximum atomic E-state index is 13.2. The maximum absolute atomic E-state index is 13.2. The van der Waals surface area contributed by atoms with Crippen molar-refractivity contribution in [3.63, 3.8) is 0 Å². The number of aromatic nitrogens is 4. The van der Waals surface area contributed by atoms with Gasteiger partial charge < -0.3 is 10.3 Å². The van der Waals surface area contributed by atoms with Gasteiger partial charge in [0.25, 0.3) is 5.56 Å². The minimum Gasteiger partial charge on any atom is -0.322 e. The molecule has 0 spiro atoms. The molecule has 9 heteroatoms. The van der Waals surface area contributed by atoms with E-state index >= 15 is 0 Å². The predicted molar refractivity (Wildman–Crippen MR) is 127 cm³/mol. The van der Waals surface area contributed by atoms with Crippen LogP contribution in [0.25, 0.3) is 21.9 Å². The molecule has 2 aromatic carbocycles. The van der Waals surface area contributed by atoms with Crippen LogP contribution < -0.4 is 10.9 Å². The average molecular weight is 458 g/mol. The zero-order valence-corrected chi connectivity index (χ0v) is 18.6. The van der Waals surface area contributed by atoms with Crippen LogP contribution in [0.2, 0.25) is 0 Å². The average Bonchev–Trinajstić information content (AvgIpc) is 2.78. The van der Waals surface area contributed by atoms with Crippen LogP contribution in [0.5, 0.6) is 0 Å². The van der Waals surface area contributed by atoms with E-state index in [1.807, 2.05) is 37.3 Å². The molecule has 0 radical (unpaired) electrons. The van der Waals surface area contributed by atoms with Gasteiger partial charge in [-0.1, -0.05) is 35.9 Å². The third-order valence-corrected chi connectivity index (χ3v) is 7.27. The number of aromatic amines is 1. The summed E-state index contributed by atoms with van der Waals surface area (Å²) in [4.78, 5) is 28.1. The lowest BCUT2D eigenvalue weighted by Gasteiger charge is -2.10. The van der Waals surface area contributed by atoms with Crippen LogP contribution in [-0.4, -0.2) is 28.4 Å². The normalized spacial score (nSPS) is 11.7. The Kier molecular flexibility index (Phi) is 4.90. The molecule has 33 heavy (non-hydrogen) atoms. The lowest BCUT2D eigenvalue weighted by atomic mass is 10.2. The van der Waals surface area contributed by atoms with E-state index < -0.39 is 15.4 Å². The molecule has 0 bridgehead atoms. The number of aryl methyl sites for hydroxylation is 2. The van der Waals surface area contributed by atoms with Crippen LogP contribution >= 0.6 is 0 Å². The Morgan fingerprint density at radius 2 is 1.73 bits per heavy atom. The van der Waals surface area contributed by atoms with E-state index in [2.05, 4.69) is 25.3 Å². The van der Waals surface area contributed by atoms with Crippen molar-refractivity contribution in [2.45, 2.75) is 23.6 Å². The summed E-state index contributed by atoms with van der Waals surface area (Å²) in [5.41, 5.74) is 2.47. The molecular weight excluding hydrogens is 438 g/mol. The fraction of sp³-hybridized carbons (Fsp3) is 0.0833. The second-order valence-corrected chi connectivity index (χ2v) is 9.62. The Bertz CT molecular complexity index is 1710. The number of H-pyrrole nitrogens is 1.